The highest BCUT2D eigenvalue weighted by molar-refractivity contribution is 5.96. The molecule has 2 aliphatic heterocycles. The van der Waals surface area contributed by atoms with E-state index in [-0.39, 0.29) is 11.6 Å². The molecule has 0 unspecified atom stereocenters. The summed E-state index contributed by atoms with van der Waals surface area (Å²) >= 11 is 0. The molecular formula is C26H33FN2O. The summed E-state index contributed by atoms with van der Waals surface area (Å²) in [6, 6.07) is 13.2. The molecule has 0 aliphatic carbocycles. The van der Waals surface area contributed by atoms with Crippen molar-refractivity contribution in [1.82, 2.24) is 10.2 Å². The van der Waals surface area contributed by atoms with Gasteiger partial charge >= 0.3 is 0 Å². The summed E-state index contributed by atoms with van der Waals surface area (Å²) in [5, 5.41) is 3.44. The fourth-order valence-corrected chi connectivity index (χ4v) is 4.81. The lowest BCUT2D eigenvalue weighted by Crippen LogP contribution is -2.35. The van der Waals surface area contributed by atoms with Crippen molar-refractivity contribution >= 4 is 5.78 Å². The molecule has 0 aromatic heterocycles. The van der Waals surface area contributed by atoms with E-state index in [9.17, 15) is 9.18 Å². The maximum absolute atomic E-state index is 13.1. The molecule has 2 aromatic rings. The molecule has 1 fully saturated rings. The Labute approximate surface area is 179 Å². The molecule has 4 rings (SSSR count). The van der Waals surface area contributed by atoms with Gasteiger partial charge in [0.25, 0.3) is 0 Å². The van der Waals surface area contributed by atoms with Crippen LogP contribution in [-0.4, -0.2) is 36.9 Å². The number of hydrogen-bond donors (Lipinski definition) is 1. The van der Waals surface area contributed by atoms with Gasteiger partial charge in [-0.1, -0.05) is 24.3 Å². The van der Waals surface area contributed by atoms with Crippen molar-refractivity contribution in [3.63, 3.8) is 0 Å². The van der Waals surface area contributed by atoms with Gasteiger partial charge in [-0.25, -0.2) is 4.39 Å². The number of piperidine rings is 1. The largest absolute Gasteiger partial charge is 0.313 e. The first-order chi connectivity index (χ1) is 14.7. The van der Waals surface area contributed by atoms with E-state index in [1.165, 1.54) is 36.0 Å². The van der Waals surface area contributed by atoms with Crippen molar-refractivity contribution in [3.05, 3.63) is 70.5 Å². The number of likely N-dealkylation sites (tertiary alicyclic amines) is 1. The van der Waals surface area contributed by atoms with E-state index < -0.39 is 0 Å². The summed E-state index contributed by atoms with van der Waals surface area (Å²) in [4.78, 5) is 15.2. The van der Waals surface area contributed by atoms with E-state index in [2.05, 4.69) is 22.3 Å². The van der Waals surface area contributed by atoms with E-state index in [0.29, 0.717) is 12.3 Å². The molecule has 2 aliphatic rings. The highest BCUT2D eigenvalue weighted by Gasteiger charge is 2.20. The summed E-state index contributed by atoms with van der Waals surface area (Å²) in [5.41, 5.74) is 4.79. The van der Waals surface area contributed by atoms with Crippen molar-refractivity contribution in [2.45, 2.75) is 51.5 Å². The average molecular weight is 409 g/mol. The summed E-state index contributed by atoms with van der Waals surface area (Å²) in [5.74, 6) is 0.792. The van der Waals surface area contributed by atoms with Crippen molar-refractivity contribution < 1.29 is 9.18 Å². The number of ketones is 1. The summed E-state index contributed by atoms with van der Waals surface area (Å²) in [7, 11) is 0. The SMILES string of the molecule is O=C(CCCN1CCC(Cc2ccc(F)cc2)CC1)c1ccc2c(c1)CNCCC2. The monoisotopic (exact) mass is 408 g/mol. The number of nitrogens with one attached hydrogen (secondary N) is 1. The van der Waals surface area contributed by atoms with E-state index >= 15 is 0 Å². The van der Waals surface area contributed by atoms with E-state index in [4.69, 9.17) is 0 Å². The Morgan fingerprint density at radius 2 is 1.87 bits per heavy atom. The zero-order valence-corrected chi connectivity index (χ0v) is 17.8. The second kappa shape index (κ2) is 10.3. The van der Waals surface area contributed by atoms with Crippen molar-refractivity contribution in [2.24, 2.45) is 5.92 Å². The topological polar surface area (TPSA) is 32.3 Å². The van der Waals surface area contributed by atoms with Crippen LogP contribution in [0.1, 0.15) is 59.2 Å². The molecule has 1 N–H and O–H groups in total. The van der Waals surface area contributed by atoms with Gasteiger partial charge < -0.3 is 10.2 Å². The Hall–Kier alpha value is -2.04. The van der Waals surface area contributed by atoms with Gasteiger partial charge in [0.1, 0.15) is 5.82 Å². The quantitative estimate of drug-likeness (QED) is 0.669. The van der Waals surface area contributed by atoms with E-state index in [0.717, 1.165) is 57.5 Å². The smallest absolute Gasteiger partial charge is 0.162 e. The first-order valence-electron chi connectivity index (χ1n) is 11.5. The minimum Gasteiger partial charge on any atom is -0.313 e. The van der Waals surface area contributed by atoms with Crippen LogP contribution in [0.25, 0.3) is 0 Å². The summed E-state index contributed by atoms with van der Waals surface area (Å²) < 4.78 is 13.1. The Kier molecular flexibility index (Phi) is 7.29. The van der Waals surface area contributed by atoms with Gasteiger partial charge in [-0.2, -0.15) is 0 Å². The zero-order chi connectivity index (χ0) is 20.8. The molecular weight excluding hydrogens is 375 g/mol. The molecule has 30 heavy (non-hydrogen) atoms. The van der Waals surface area contributed by atoms with Gasteiger partial charge in [0.2, 0.25) is 0 Å². The van der Waals surface area contributed by atoms with Crippen LogP contribution in [0.2, 0.25) is 0 Å². The number of carbonyl (C=O) groups excluding carboxylic acids is 1. The van der Waals surface area contributed by atoms with Gasteiger partial charge in [0, 0.05) is 18.5 Å². The number of nitrogens with zero attached hydrogens (tertiary/aromatic N) is 1. The fraction of sp³-hybridized carbons (Fsp3) is 0.500. The molecule has 3 nitrogen and oxygen atoms in total. The van der Waals surface area contributed by atoms with Gasteiger partial charge in [-0.05, 0) is 106 Å². The van der Waals surface area contributed by atoms with Crippen LogP contribution in [0.3, 0.4) is 0 Å². The zero-order valence-electron chi connectivity index (χ0n) is 17.8. The van der Waals surface area contributed by atoms with Crippen molar-refractivity contribution in [2.75, 3.05) is 26.2 Å². The second-order valence-electron chi connectivity index (χ2n) is 8.91. The number of aryl methyl sites for hydroxylation is 1. The minimum absolute atomic E-state index is 0.161. The lowest BCUT2D eigenvalue weighted by Gasteiger charge is -2.32. The Balaban J connectivity index is 1.18. The first-order valence-corrected chi connectivity index (χ1v) is 11.5. The number of hydrogen-bond acceptors (Lipinski definition) is 3. The predicted octanol–water partition coefficient (Wildman–Crippen LogP) is 4.78. The standard InChI is InChI=1S/C26H33FN2O/c27-25-9-5-20(6-10-25)17-21-11-15-29(16-12-21)14-2-4-26(30)23-8-7-22-3-1-13-28-19-24(22)18-23/h5-10,18,21,28H,1-4,11-17,19H2. The minimum atomic E-state index is -0.161. The normalized spacial score (nSPS) is 18.0. The third-order valence-electron chi connectivity index (χ3n) is 6.67. The van der Waals surface area contributed by atoms with Gasteiger partial charge in [-0.15, -0.1) is 0 Å². The lowest BCUT2D eigenvalue weighted by atomic mass is 9.90. The second-order valence-corrected chi connectivity index (χ2v) is 8.91. The molecule has 0 radical (unpaired) electrons. The molecule has 1 saturated heterocycles. The van der Waals surface area contributed by atoms with Crippen LogP contribution < -0.4 is 5.32 Å². The van der Waals surface area contributed by atoms with Gasteiger partial charge in [0.15, 0.2) is 5.78 Å². The van der Waals surface area contributed by atoms with Gasteiger partial charge in [-0.3, -0.25) is 4.79 Å². The van der Waals surface area contributed by atoms with Crippen LogP contribution in [0.4, 0.5) is 4.39 Å². The molecule has 0 atom stereocenters. The van der Waals surface area contributed by atoms with E-state index in [1.807, 2.05) is 18.2 Å². The third kappa shape index (κ3) is 5.77. The van der Waals surface area contributed by atoms with Crippen molar-refractivity contribution in [3.8, 4) is 0 Å². The third-order valence-corrected chi connectivity index (χ3v) is 6.67. The fourth-order valence-electron chi connectivity index (χ4n) is 4.81. The number of benzene rings is 2. The lowest BCUT2D eigenvalue weighted by molar-refractivity contribution is 0.0970. The number of carbonyl (C=O) groups is 1. The van der Waals surface area contributed by atoms with E-state index in [1.54, 1.807) is 12.1 Å². The molecule has 160 valence electrons. The Morgan fingerprint density at radius 3 is 2.67 bits per heavy atom. The molecule has 0 amide bonds. The van der Waals surface area contributed by atoms with Crippen LogP contribution in [0.5, 0.6) is 0 Å². The molecule has 4 heteroatoms. The maximum atomic E-state index is 13.1. The Morgan fingerprint density at radius 1 is 1.07 bits per heavy atom. The maximum Gasteiger partial charge on any atom is 0.162 e. The molecule has 2 aromatic carbocycles. The summed E-state index contributed by atoms with van der Waals surface area (Å²) in [6.45, 7) is 5.14. The highest BCUT2D eigenvalue weighted by atomic mass is 19.1. The molecule has 0 spiro atoms. The number of halogens is 1. The van der Waals surface area contributed by atoms with Crippen molar-refractivity contribution in [1.29, 1.82) is 0 Å². The average Bonchev–Trinajstić information content (AvgIpc) is 3.01. The number of rotatable bonds is 7. The number of Topliss-reactive ketones (excluding diaryl/α,β-unsaturated/α-hetero) is 1. The highest BCUT2D eigenvalue weighted by Crippen LogP contribution is 2.23. The Bertz CT molecular complexity index is 841. The number of fused-ring (bicyclic) bond motifs is 1. The van der Waals surface area contributed by atoms with Crippen LogP contribution in [0.15, 0.2) is 42.5 Å². The first kappa shape index (κ1) is 21.2. The predicted molar refractivity (Wildman–Crippen MR) is 119 cm³/mol. The van der Waals surface area contributed by atoms with Crippen LogP contribution >= 0.6 is 0 Å². The molecule has 0 saturated carbocycles. The molecule has 0 bridgehead atoms. The summed E-state index contributed by atoms with van der Waals surface area (Å²) in [6.07, 6.45) is 7.24. The van der Waals surface area contributed by atoms with Gasteiger partial charge in [0.05, 0.1) is 0 Å². The van der Waals surface area contributed by atoms with Crippen LogP contribution in [-0.2, 0) is 19.4 Å². The van der Waals surface area contributed by atoms with Crippen LogP contribution in [0, 0.1) is 11.7 Å². The molecule has 2 heterocycles.